The maximum Gasteiger partial charge on any atom is 0.126 e. The Balaban J connectivity index is 2.30. The van der Waals surface area contributed by atoms with Gasteiger partial charge in [-0.3, -0.25) is 0 Å². The zero-order chi connectivity index (χ0) is 23.3. The van der Waals surface area contributed by atoms with E-state index in [-0.39, 0.29) is 0 Å². The van der Waals surface area contributed by atoms with Crippen LogP contribution in [0.15, 0.2) is 97.1 Å². The Morgan fingerprint density at radius 1 is 0.364 bits per heavy atom. The molecule has 0 saturated carbocycles. The van der Waals surface area contributed by atoms with Gasteiger partial charge in [-0.2, -0.15) is 21.9 Å². The molecular weight excluding hydrogens is 411 g/mol. The number of para-hydroxylation sites is 4. The van der Waals surface area contributed by atoms with Crippen LogP contribution in [0.25, 0.3) is 0 Å². The fourth-order valence-electron chi connectivity index (χ4n) is 5.10. The molecule has 4 rings (SSSR count). The van der Waals surface area contributed by atoms with Gasteiger partial charge in [-0.1, -0.05) is 72.8 Å². The first-order chi connectivity index (χ1) is 16.2. The van der Waals surface area contributed by atoms with Gasteiger partial charge in [-0.25, -0.2) is 0 Å². The van der Waals surface area contributed by atoms with E-state index >= 15 is 0 Å². The summed E-state index contributed by atoms with van der Waals surface area (Å²) in [5.74, 6) is 3.11. The van der Waals surface area contributed by atoms with Crippen molar-refractivity contribution < 1.29 is 18.9 Å². The van der Waals surface area contributed by atoms with Crippen LogP contribution >= 0.6 is 0 Å². The van der Waals surface area contributed by atoms with E-state index in [0.717, 1.165) is 44.8 Å². The van der Waals surface area contributed by atoms with Crippen molar-refractivity contribution in [3.05, 3.63) is 97.1 Å². The number of benzene rings is 4. The highest BCUT2D eigenvalue weighted by Crippen LogP contribution is 2.26. The summed E-state index contributed by atoms with van der Waals surface area (Å²) < 4.78 is 23.7. The third-order valence-corrected chi connectivity index (χ3v) is 6.42. The summed E-state index contributed by atoms with van der Waals surface area (Å²) in [6.07, 6.45) is -1.85. The van der Waals surface area contributed by atoms with Gasteiger partial charge in [0.1, 0.15) is 6.15 Å². The fraction of sp³-hybridized carbons (Fsp3) is 0.143. The van der Waals surface area contributed by atoms with Gasteiger partial charge in [0.05, 0.1) is 51.4 Å². The molecule has 4 nitrogen and oxygen atoms in total. The molecule has 0 fully saturated rings. The van der Waals surface area contributed by atoms with E-state index in [9.17, 15) is 0 Å². The van der Waals surface area contributed by atoms with Gasteiger partial charge in [-0.15, -0.1) is 0 Å². The largest absolute Gasteiger partial charge is 0.500 e. The first-order valence-corrected chi connectivity index (χ1v) is 10.9. The summed E-state index contributed by atoms with van der Waals surface area (Å²) in [4.78, 5) is 0. The zero-order valence-corrected chi connectivity index (χ0v) is 19.4. The van der Waals surface area contributed by atoms with Crippen LogP contribution in [-0.2, 0) is 0 Å². The molecule has 0 unspecified atom stereocenters. The van der Waals surface area contributed by atoms with Crippen LogP contribution in [0.5, 0.6) is 23.0 Å². The van der Waals surface area contributed by atoms with E-state index in [1.807, 2.05) is 72.8 Å². The summed E-state index contributed by atoms with van der Waals surface area (Å²) in [6, 6.07) is 32.5. The predicted octanol–water partition coefficient (Wildman–Crippen LogP) is 3.10. The molecule has 0 N–H and O–H groups in total. The third-order valence-electron chi connectivity index (χ3n) is 6.42. The summed E-state index contributed by atoms with van der Waals surface area (Å²) in [6.45, 7) is 0. The van der Waals surface area contributed by atoms with Crippen molar-refractivity contribution in [2.45, 2.75) is 0 Å². The Morgan fingerprint density at radius 3 is 0.788 bits per heavy atom. The van der Waals surface area contributed by atoms with E-state index in [0.29, 0.717) is 0 Å². The average molecular weight is 439 g/mol. The van der Waals surface area contributed by atoms with Gasteiger partial charge in [0.2, 0.25) is 0 Å². The van der Waals surface area contributed by atoms with Crippen LogP contribution in [0.3, 0.4) is 0 Å². The van der Waals surface area contributed by atoms with Gasteiger partial charge >= 0.3 is 0 Å². The third kappa shape index (κ3) is 3.70. The second kappa shape index (κ2) is 9.74. The normalized spacial score (nSPS) is 11.0. The number of rotatable bonds is 8. The van der Waals surface area contributed by atoms with Crippen molar-refractivity contribution in [1.29, 1.82) is 0 Å². The summed E-state index contributed by atoms with van der Waals surface area (Å²) >= 11 is 0. The Morgan fingerprint density at radius 2 is 0.576 bits per heavy atom. The SMILES string of the molecule is COc1ccccc1[B-](c1ccccc1OC)(c1ccccc1OC)c1ccccc1OC. The lowest BCUT2D eigenvalue weighted by molar-refractivity contribution is 0.414. The molecule has 0 saturated heterocycles. The van der Waals surface area contributed by atoms with Crippen LogP contribution < -0.4 is 40.8 Å². The molecule has 5 heteroatoms. The Hall–Kier alpha value is -3.86. The highest BCUT2D eigenvalue weighted by Gasteiger charge is 2.39. The van der Waals surface area contributed by atoms with E-state index in [2.05, 4.69) is 24.3 Å². The molecule has 0 aromatic heterocycles. The van der Waals surface area contributed by atoms with Crippen LogP contribution in [0, 0.1) is 0 Å². The standard InChI is InChI=1S/C28H28BO4/c1-30-25-17-9-5-13-21(25)29(22-14-6-10-18-26(22)31-2,23-15-7-11-19-27(23)32-3)24-16-8-12-20-28(24)33-4/h5-20H,1-4H3/q-1. The molecule has 0 heterocycles. The van der Waals surface area contributed by atoms with Gasteiger partial charge < -0.3 is 18.9 Å². The number of hydrogen-bond donors (Lipinski definition) is 0. The van der Waals surface area contributed by atoms with Crippen LogP contribution in [0.2, 0.25) is 0 Å². The lowest BCUT2D eigenvalue weighted by Crippen LogP contribution is -2.75. The van der Waals surface area contributed by atoms with E-state index in [4.69, 9.17) is 18.9 Å². The molecule has 0 aliphatic carbocycles. The molecule has 0 aliphatic rings. The lowest BCUT2D eigenvalue weighted by Gasteiger charge is -2.46. The zero-order valence-electron chi connectivity index (χ0n) is 19.4. The monoisotopic (exact) mass is 439 g/mol. The quantitative estimate of drug-likeness (QED) is 0.396. The second-order valence-electron chi connectivity index (χ2n) is 7.83. The molecule has 4 aromatic carbocycles. The topological polar surface area (TPSA) is 36.9 Å². The highest BCUT2D eigenvalue weighted by atomic mass is 16.5. The minimum Gasteiger partial charge on any atom is -0.500 e. The smallest absolute Gasteiger partial charge is 0.126 e. The average Bonchev–Trinajstić information content (AvgIpc) is 2.90. The molecule has 0 amide bonds. The van der Waals surface area contributed by atoms with Crippen LogP contribution in [0.1, 0.15) is 0 Å². The molecular formula is C28H28BO4-. The Kier molecular flexibility index (Phi) is 6.59. The van der Waals surface area contributed by atoms with Gasteiger partial charge in [0.25, 0.3) is 0 Å². The highest BCUT2D eigenvalue weighted by molar-refractivity contribution is 7.21. The number of ether oxygens (including phenoxy) is 4. The first kappa shape index (κ1) is 22.3. The molecule has 168 valence electrons. The Bertz CT molecular complexity index is 1040. The summed E-state index contributed by atoms with van der Waals surface area (Å²) in [7, 11) is 6.80. The van der Waals surface area contributed by atoms with Crippen molar-refractivity contribution in [3.8, 4) is 23.0 Å². The maximum atomic E-state index is 5.93. The second-order valence-corrected chi connectivity index (χ2v) is 7.83. The van der Waals surface area contributed by atoms with Crippen molar-refractivity contribution in [2.75, 3.05) is 28.4 Å². The van der Waals surface area contributed by atoms with Crippen molar-refractivity contribution in [2.24, 2.45) is 0 Å². The van der Waals surface area contributed by atoms with Gasteiger partial charge in [0, 0.05) is 0 Å². The molecule has 0 radical (unpaired) electrons. The minimum atomic E-state index is -1.85. The summed E-state index contributed by atoms with van der Waals surface area (Å²) in [5, 5.41) is 0. The molecule has 0 atom stereocenters. The van der Waals surface area contributed by atoms with Crippen molar-refractivity contribution >= 4 is 28.0 Å². The summed E-state index contributed by atoms with van der Waals surface area (Å²) in [5.41, 5.74) is 4.05. The molecule has 0 bridgehead atoms. The molecule has 4 aromatic rings. The van der Waals surface area contributed by atoms with Gasteiger partial charge in [-0.05, 0) is 24.3 Å². The van der Waals surface area contributed by atoms with E-state index in [1.165, 1.54) is 0 Å². The van der Waals surface area contributed by atoms with Gasteiger partial charge in [0.15, 0.2) is 0 Å². The molecule has 33 heavy (non-hydrogen) atoms. The fourth-order valence-corrected chi connectivity index (χ4v) is 5.10. The Labute approximate surface area is 195 Å². The number of hydrogen-bond acceptors (Lipinski definition) is 4. The lowest BCUT2D eigenvalue weighted by atomic mass is 9.12. The molecule has 0 spiro atoms. The maximum absolute atomic E-state index is 5.93. The van der Waals surface area contributed by atoms with Crippen molar-refractivity contribution in [1.82, 2.24) is 0 Å². The van der Waals surface area contributed by atoms with Crippen LogP contribution in [0.4, 0.5) is 0 Å². The van der Waals surface area contributed by atoms with E-state index < -0.39 is 6.15 Å². The van der Waals surface area contributed by atoms with E-state index in [1.54, 1.807) is 28.4 Å². The minimum absolute atomic E-state index is 0.778. The van der Waals surface area contributed by atoms with Crippen LogP contribution in [-0.4, -0.2) is 34.6 Å². The molecule has 0 aliphatic heterocycles. The number of methoxy groups -OCH3 is 4. The predicted molar refractivity (Wildman–Crippen MR) is 136 cm³/mol. The first-order valence-electron chi connectivity index (χ1n) is 10.9. The van der Waals surface area contributed by atoms with Crippen molar-refractivity contribution in [3.63, 3.8) is 0 Å².